The number of fused-ring (bicyclic) bond motifs is 1. The molecular weight excluding hydrogens is 505 g/mol. The van der Waals surface area contributed by atoms with Crippen LogP contribution in [0.1, 0.15) is 37.0 Å². The van der Waals surface area contributed by atoms with Crippen molar-refractivity contribution in [2.24, 2.45) is 0 Å². The van der Waals surface area contributed by atoms with Gasteiger partial charge in [-0.2, -0.15) is 9.29 Å². The van der Waals surface area contributed by atoms with Crippen LogP contribution in [0.3, 0.4) is 0 Å². The molecule has 1 aromatic heterocycles. The topological polar surface area (TPSA) is 89.0 Å². The average Bonchev–Trinajstić information content (AvgIpc) is 3.27. The fraction of sp³-hybridized carbons (Fsp3) is 0.440. The zero-order chi connectivity index (χ0) is 25.4. The Hall–Kier alpha value is -2.60. The first-order chi connectivity index (χ1) is 17.2. The summed E-state index contributed by atoms with van der Waals surface area (Å²) >= 11 is 1.31. The molecule has 2 saturated heterocycles. The number of amides is 1. The average molecular weight is 534 g/mol. The van der Waals surface area contributed by atoms with E-state index >= 15 is 0 Å². The van der Waals surface area contributed by atoms with E-state index in [9.17, 15) is 17.6 Å². The molecule has 2 aliphatic rings. The van der Waals surface area contributed by atoms with Crippen molar-refractivity contribution in [3.05, 3.63) is 53.8 Å². The van der Waals surface area contributed by atoms with E-state index in [-0.39, 0.29) is 34.9 Å². The number of aromatic nitrogens is 1. The van der Waals surface area contributed by atoms with Gasteiger partial charge >= 0.3 is 0 Å². The lowest BCUT2D eigenvalue weighted by Gasteiger charge is -2.34. The van der Waals surface area contributed by atoms with Gasteiger partial charge in [0.05, 0.1) is 21.8 Å². The van der Waals surface area contributed by atoms with Gasteiger partial charge in [-0.15, -0.1) is 0 Å². The number of hydrogen-bond donors (Lipinski definition) is 0. The minimum atomic E-state index is -3.66. The van der Waals surface area contributed by atoms with Crippen molar-refractivity contribution in [3.8, 4) is 5.19 Å². The van der Waals surface area contributed by atoms with Crippen molar-refractivity contribution < 1.29 is 27.1 Å². The van der Waals surface area contributed by atoms with Gasteiger partial charge in [-0.1, -0.05) is 17.4 Å². The summed E-state index contributed by atoms with van der Waals surface area (Å²) in [7, 11) is -3.66. The van der Waals surface area contributed by atoms with Gasteiger partial charge in [-0.25, -0.2) is 12.8 Å². The van der Waals surface area contributed by atoms with Gasteiger partial charge in [0.2, 0.25) is 10.0 Å². The van der Waals surface area contributed by atoms with E-state index in [0.29, 0.717) is 55.3 Å². The maximum Gasteiger partial charge on any atom is 0.274 e. The molecule has 2 aliphatic heterocycles. The van der Waals surface area contributed by atoms with Crippen LogP contribution >= 0.6 is 11.3 Å². The van der Waals surface area contributed by atoms with Crippen LogP contribution in [-0.4, -0.2) is 73.0 Å². The molecule has 3 aromatic rings. The number of nitrogens with zero attached hydrogens (tertiary/aromatic N) is 3. The normalized spacial score (nSPS) is 22.1. The summed E-state index contributed by atoms with van der Waals surface area (Å²) in [5, 5.41) is 0.431. The molecule has 0 aliphatic carbocycles. The summed E-state index contributed by atoms with van der Waals surface area (Å²) in [5.74, 6) is -0.514. The lowest BCUT2D eigenvalue weighted by atomic mass is 10.1. The predicted molar refractivity (Wildman–Crippen MR) is 134 cm³/mol. The van der Waals surface area contributed by atoms with Gasteiger partial charge in [0, 0.05) is 44.6 Å². The summed E-state index contributed by atoms with van der Waals surface area (Å²) in [6.45, 7) is 5.32. The van der Waals surface area contributed by atoms with E-state index in [1.54, 1.807) is 23.1 Å². The summed E-state index contributed by atoms with van der Waals surface area (Å²) in [6.07, 6.45) is 0.802. The van der Waals surface area contributed by atoms with Crippen LogP contribution in [0.4, 0.5) is 4.39 Å². The molecule has 36 heavy (non-hydrogen) atoms. The minimum Gasteiger partial charge on any atom is -0.467 e. The second-order valence-electron chi connectivity index (χ2n) is 9.28. The molecule has 2 atom stereocenters. The number of halogens is 1. The van der Waals surface area contributed by atoms with Crippen LogP contribution in [0, 0.1) is 5.82 Å². The number of piperidine rings is 1. The molecule has 11 heteroatoms. The number of morpholine rings is 1. The molecule has 8 nitrogen and oxygen atoms in total. The number of carbonyl (C=O) groups excluding carboxylic acids is 1. The van der Waals surface area contributed by atoms with Gasteiger partial charge < -0.3 is 14.4 Å². The second kappa shape index (κ2) is 10.0. The quantitative estimate of drug-likeness (QED) is 0.494. The Morgan fingerprint density at radius 3 is 2.39 bits per heavy atom. The molecule has 2 aromatic carbocycles. The third-order valence-electron chi connectivity index (χ3n) is 6.47. The first-order valence-corrected chi connectivity index (χ1v) is 14.2. The number of likely N-dealkylation sites (tertiary alicyclic amines) is 1. The Bertz CT molecular complexity index is 1340. The third kappa shape index (κ3) is 5.10. The van der Waals surface area contributed by atoms with Crippen molar-refractivity contribution >= 4 is 37.5 Å². The number of benzene rings is 2. The number of carbonyl (C=O) groups is 1. The highest BCUT2D eigenvalue weighted by molar-refractivity contribution is 7.89. The van der Waals surface area contributed by atoms with Gasteiger partial charge in [-0.3, -0.25) is 4.79 Å². The van der Waals surface area contributed by atoms with Crippen LogP contribution < -0.4 is 4.74 Å². The summed E-state index contributed by atoms with van der Waals surface area (Å²) in [6, 6.07) is 11.0. The Morgan fingerprint density at radius 2 is 1.75 bits per heavy atom. The third-order valence-corrected chi connectivity index (χ3v) is 9.23. The fourth-order valence-electron chi connectivity index (χ4n) is 4.69. The van der Waals surface area contributed by atoms with Crippen molar-refractivity contribution in [3.63, 3.8) is 0 Å². The van der Waals surface area contributed by atoms with Crippen molar-refractivity contribution in [1.29, 1.82) is 0 Å². The lowest BCUT2D eigenvalue weighted by molar-refractivity contribution is -0.0440. The number of rotatable bonds is 5. The fourth-order valence-corrected chi connectivity index (χ4v) is 7.18. The summed E-state index contributed by atoms with van der Waals surface area (Å²) < 4.78 is 53.8. The lowest BCUT2D eigenvalue weighted by Crippen LogP contribution is -2.48. The van der Waals surface area contributed by atoms with Crippen molar-refractivity contribution in [2.45, 2.75) is 49.9 Å². The second-order valence-corrected chi connectivity index (χ2v) is 12.2. The van der Waals surface area contributed by atoms with E-state index in [0.717, 1.165) is 4.70 Å². The van der Waals surface area contributed by atoms with Gasteiger partial charge in [-0.05, 0) is 50.2 Å². The molecule has 5 rings (SSSR count). The molecule has 0 spiro atoms. The Labute approximate surface area is 213 Å². The first kappa shape index (κ1) is 25.1. The van der Waals surface area contributed by atoms with Crippen LogP contribution in [-0.2, 0) is 14.8 Å². The predicted octanol–water partition coefficient (Wildman–Crippen LogP) is 3.92. The largest absolute Gasteiger partial charge is 0.467 e. The van der Waals surface area contributed by atoms with Gasteiger partial charge in [0.25, 0.3) is 11.1 Å². The van der Waals surface area contributed by atoms with Gasteiger partial charge in [0.15, 0.2) is 0 Å². The Balaban J connectivity index is 1.19. The molecule has 0 saturated carbocycles. The maximum atomic E-state index is 13.9. The minimum absolute atomic E-state index is 0.108. The number of ether oxygens (including phenoxy) is 2. The highest BCUT2D eigenvalue weighted by Gasteiger charge is 2.32. The highest BCUT2D eigenvalue weighted by Crippen LogP contribution is 2.31. The number of sulfonamides is 1. The maximum absolute atomic E-state index is 13.9. The monoisotopic (exact) mass is 533 g/mol. The van der Waals surface area contributed by atoms with Gasteiger partial charge in [0.1, 0.15) is 17.4 Å². The standard InChI is InChI=1S/C25H28FN3O5S2/c1-16-14-29(15-17(2)33-16)36(31,32)20-8-6-18(7-9-20)24(30)28-12-10-19(11-13-28)34-25-27-23-21(26)4-3-5-22(23)35-25/h3-9,16-17,19H,10-15H2,1-2H3. The highest BCUT2D eigenvalue weighted by atomic mass is 32.2. The summed E-state index contributed by atoms with van der Waals surface area (Å²) in [4.78, 5) is 19.2. The smallest absolute Gasteiger partial charge is 0.274 e. The molecular formula is C25H28FN3O5S2. The van der Waals surface area contributed by atoms with Crippen LogP contribution in [0.25, 0.3) is 10.2 Å². The zero-order valence-corrected chi connectivity index (χ0v) is 21.7. The molecule has 0 N–H and O–H groups in total. The van der Waals surface area contributed by atoms with Crippen molar-refractivity contribution in [2.75, 3.05) is 26.2 Å². The summed E-state index contributed by atoms with van der Waals surface area (Å²) in [5.41, 5.74) is 0.756. The molecule has 0 bridgehead atoms. The van der Waals surface area contributed by atoms with E-state index in [1.165, 1.54) is 33.8 Å². The number of thiazole rings is 1. The van der Waals surface area contributed by atoms with Crippen LogP contribution in [0.2, 0.25) is 0 Å². The van der Waals surface area contributed by atoms with Crippen LogP contribution in [0.15, 0.2) is 47.4 Å². The number of para-hydroxylation sites is 1. The molecule has 0 radical (unpaired) electrons. The molecule has 192 valence electrons. The van der Waals surface area contributed by atoms with E-state index in [1.807, 2.05) is 19.9 Å². The first-order valence-electron chi connectivity index (χ1n) is 12.0. The zero-order valence-electron chi connectivity index (χ0n) is 20.1. The van der Waals surface area contributed by atoms with E-state index < -0.39 is 10.0 Å². The van der Waals surface area contributed by atoms with E-state index in [4.69, 9.17) is 9.47 Å². The Morgan fingerprint density at radius 1 is 1.08 bits per heavy atom. The Kier molecular flexibility index (Phi) is 6.99. The molecule has 3 heterocycles. The molecule has 1 amide bonds. The van der Waals surface area contributed by atoms with E-state index in [2.05, 4.69) is 4.98 Å². The molecule has 2 fully saturated rings. The SMILES string of the molecule is CC1CN(S(=O)(=O)c2ccc(C(=O)N3CCC(Oc4nc5c(F)cccc5s4)CC3)cc2)CC(C)O1. The van der Waals surface area contributed by atoms with Crippen LogP contribution in [0.5, 0.6) is 5.19 Å². The van der Waals surface area contributed by atoms with Crippen molar-refractivity contribution in [1.82, 2.24) is 14.2 Å². The molecule has 2 unspecified atom stereocenters. The number of hydrogen-bond acceptors (Lipinski definition) is 7.